The van der Waals surface area contributed by atoms with E-state index < -0.39 is 12.0 Å². The number of fused-ring (bicyclic) bond motifs is 1. The predicted molar refractivity (Wildman–Crippen MR) is 125 cm³/mol. The molecule has 0 saturated carbocycles. The Morgan fingerprint density at radius 2 is 2.16 bits per heavy atom. The summed E-state index contributed by atoms with van der Waals surface area (Å²) in [4.78, 5) is 32.3. The number of nitrogens with zero attached hydrogens (tertiary/aromatic N) is 2. The molecule has 0 bridgehead atoms. The number of thiophene rings is 1. The molecule has 6 nitrogen and oxygen atoms in total. The van der Waals surface area contributed by atoms with E-state index in [4.69, 9.17) is 9.47 Å². The number of halogens is 1. The van der Waals surface area contributed by atoms with E-state index in [1.54, 1.807) is 25.5 Å². The number of esters is 1. The Labute approximate surface area is 194 Å². The predicted octanol–water partition coefficient (Wildman–Crippen LogP) is 3.63. The Morgan fingerprint density at radius 1 is 1.35 bits per heavy atom. The number of allylic oxidation sites excluding steroid dienone is 1. The van der Waals surface area contributed by atoms with Gasteiger partial charge in [0.25, 0.3) is 5.56 Å². The number of benzene rings is 1. The summed E-state index contributed by atoms with van der Waals surface area (Å²) in [6.45, 7) is 3.79. The number of carbonyl (C=O) groups is 1. The fourth-order valence-electron chi connectivity index (χ4n) is 3.41. The average Bonchev–Trinajstić information content (AvgIpc) is 3.37. The fraction of sp³-hybridized carbons (Fsp3) is 0.227. The van der Waals surface area contributed by atoms with Crippen LogP contribution >= 0.6 is 38.6 Å². The van der Waals surface area contributed by atoms with E-state index in [9.17, 15) is 9.59 Å². The van der Waals surface area contributed by atoms with Crippen molar-refractivity contribution in [3.8, 4) is 5.75 Å². The SMILES string of the molecule is CCOC(=O)C1=C(C)N=c2s/c(=C\c3cc(OC)ccc3Br)c(=O)n2[C@@H]1c1cccs1. The van der Waals surface area contributed by atoms with Crippen molar-refractivity contribution in [1.29, 1.82) is 0 Å². The summed E-state index contributed by atoms with van der Waals surface area (Å²) in [6.07, 6.45) is 1.81. The van der Waals surface area contributed by atoms with Crippen molar-refractivity contribution in [2.75, 3.05) is 13.7 Å². The van der Waals surface area contributed by atoms with Gasteiger partial charge in [-0.2, -0.15) is 0 Å². The fourth-order valence-corrected chi connectivity index (χ4v) is 5.63. The van der Waals surface area contributed by atoms with Crippen molar-refractivity contribution in [1.82, 2.24) is 4.57 Å². The van der Waals surface area contributed by atoms with Gasteiger partial charge in [0, 0.05) is 9.35 Å². The van der Waals surface area contributed by atoms with Crippen LogP contribution in [0, 0.1) is 0 Å². The monoisotopic (exact) mass is 518 g/mol. The first kappa shape index (κ1) is 21.7. The molecule has 0 N–H and O–H groups in total. The van der Waals surface area contributed by atoms with Gasteiger partial charge in [-0.3, -0.25) is 9.36 Å². The zero-order valence-electron chi connectivity index (χ0n) is 17.0. The summed E-state index contributed by atoms with van der Waals surface area (Å²) in [7, 11) is 1.60. The van der Waals surface area contributed by atoms with E-state index in [0.717, 1.165) is 14.9 Å². The Morgan fingerprint density at radius 3 is 2.84 bits per heavy atom. The third kappa shape index (κ3) is 4.05. The zero-order chi connectivity index (χ0) is 22.1. The van der Waals surface area contributed by atoms with Crippen LogP contribution in [0.25, 0.3) is 6.08 Å². The van der Waals surface area contributed by atoms with Gasteiger partial charge in [-0.25, -0.2) is 9.79 Å². The summed E-state index contributed by atoms with van der Waals surface area (Å²) in [5.41, 5.74) is 1.57. The Bertz CT molecular complexity index is 1350. The number of methoxy groups -OCH3 is 1. The highest BCUT2D eigenvalue weighted by Gasteiger charge is 2.33. The van der Waals surface area contributed by atoms with Crippen molar-refractivity contribution in [2.45, 2.75) is 19.9 Å². The van der Waals surface area contributed by atoms with Crippen LogP contribution in [-0.4, -0.2) is 24.3 Å². The third-order valence-corrected chi connectivity index (χ3v) is 7.45. The topological polar surface area (TPSA) is 69.9 Å². The molecule has 0 unspecified atom stereocenters. The molecule has 0 aliphatic carbocycles. The minimum atomic E-state index is -0.564. The molecule has 4 rings (SSSR count). The van der Waals surface area contributed by atoms with Crippen molar-refractivity contribution in [3.05, 3.63) is 81.6 Å². The molecule has 0 radical (unpaired) electrons. The maximum absolute atomic E-state index is 13.5. The number of rotatable bonds is 5. The molecule has 3 aromatic rings. The molecular weight excluding hydrogens is 500 g/mol. The zero-order valence-corrected chi connectivity index (χ0v) is 20.3. The second-order valence-electron chi connectivity index (χ2n) is 6.71. The molecule has 9 heteroatoms. The van der Waals surface area contributed by atoms with Gasteiger partial charge in [0.2, 0.25) is 0 Å². The van der Waals surface area contributed by atoms with Crippen LogP contribution < -0.4 is 19.6 Å². The molecule has 1 aliphatic heterocycles. The summed E-state index contributed by atoms with van der Waals surface area (Å²) in [5, 5.41) is 1.93. The molecule has 0 fully saturated rings. The van der Waals surface area contributed by atoms with Gasteiger partial charge in [-0.05, 0) is 55.1 Å². The average molecular weight is 519 g/mol. The number of ether oxygens (including phenoxy) is 2. The van der Waals surface area contributed by atoms with Crippen molar-refractivity contribution < 1.29 is 14.3 Å². The van der Waals surface area contributed by atoms with Crippen LogP contribution in [0.2, 0.25) is 0 Å². The first-order valence-corrected chi connectivity index (χ1v) is 12.0. The quantitative estimate of drug-likeness (QED) is 0.483. The summed E-state index contributed by atoms with van der Waals surface area (Å²) >= 11 is 6.32. The first-order chi connectivity index (χ1) is 14.9. The van der Waals surface area contributed by atoms with Crippen molar-refractivity contribution in [3.63, 3.8) is 0 Å². The molecule has 1 atom stereocenters. The van der Waals surface area contributed by atoms with Crippen LogP contribution in [0.4, 0.5) is 0 Å². The second kappa shape index (κ2) is 8.94. The molecule has 2 aromatic heterocycles. The number of aromatic nitrogens is 1. The molecular formula is C22H19BrN2O4S2. The van der Waals surface area contributed by atoms with E-state index in [1.807, 2.05) is 41.8 Å². The number of hydrogen-bond donors (Lipinski definition) is 0. The Kier molecular flexibility index (Phi) is 6.27. The standard InChI is InChI=1S/C22H19BrN2O4S2/c1-4-29-21(27)18-12(2)24-22-25(19(18)16-6-5-9-30-16)20(26)17(31-22)11-13-10-14(28-3)7-8-15(13)23/h5-11,19H,4H2,1-3H3/b17-11-/t19-/m1/s1. The third-order valence-electron chi connectivity index (χ3n) is 4.82. The summed E-state index contributed by atoms with van der Waals surface area (Å²) in [6, 6.07) is 8.83. The Hall–Kier alpha value is -2.49. The van der Waals surface area contributed by atoms with Crippen LogP contribution in [0.5, 0.6) is 5.75 Å². The molecule has 0 spiro atoms. The van der Waals surface area contributed by atoms with Crippen LogP contribution in [-0.2, 0) is 9.53 Å². The first-order valence-electron chi connectivity index (χ1n) is 9.51. The van der Waals surface area contributed by atoms with Gasteiger partial charge in [0.15, 0.2) is 4.80 Å². The second-order valence-corrected chi connectivity index (χ2v) is 9.55. The number of hydrogen-bond acceptors (Lipinski definition) is 7. The molecule has 31 heavy (non-hydrogen) atoms. The van der Waals surface area contributed by atoms with Gasteiger partial charge in [0.1, 0.15) is 11.8 Å². The lowest BCUT2D eigenvalue weighted by Crippen LogP contribution is -2.39. The van der Waals surface area contributed by atoms with Crippen LogP contribution in [0.15, 0.2) is 61.2 Å². The van der Waals surface area contributed by atoms with Gasteiger partial charge in [-0.1, -0.05) is 33.3 Å². The highest BCUT2D eigenvalue weighted by atomic mass is 79.9. The molecule has 3 heterocycles. The van der Waals surface area contributed by atoms with Gasteiger partial charge >= 0.3 is 5.97 Å². The molecule has 1 aromatic carbocycles. The van der Waals surface area contributed by atoms with Gasteiger partial charge in [0.05, 0.1) is 29.5 Å². The minimum Gasteiger partial charge on any atom is -0.497 e. The number of thiazole rings is 1. The van der Waals surface area contributed by atoms with Crippen molar-refractivity contribution in [2.24, 2.45) is 4.99 Å². The van der Waals surface area contributed by atoms with Crippen molar-refractivity contribution >= 4 is 50.6 Å². The largest absolute Gasteiger partial charge is 0.497 e. The van der Waals surface area contributed by atoms with E-state index in [0.29, 0.717) is 26.4 Å². The lowest BCUT2D eigenvalue weighted by molar-refractivity contribution is -0.139. The maximum atomic E-state index is 13.5. The van der Waals surface area contributed by atoms with E-state index in [1.165, 1.54) is 22.7 Å². The Balaban J connectivity index is 1.94. The minimum absolute atomic E-state index is 0.203. The van der Waals surface area contributed by atoms with E-state index >= 15 is 0 Å². The highest BCUT2D eigenvalue weighted by molar-refractivity contribution is 9.10. The lowest BCUT2D eigenvalue weighted by Gasteiger charge is -2.23. The number of carbonyl (C=O) groups excluding carboxylic acids is 1. The van der Waals surface area contributed by atoms with Gasteiger partial charge < -0.3 is 9.47 Å². The maximum Gasteiger partial charge on any atom is 0.338 e. The summed E-state index contributed by atoms with van der Waals surface area (Å²) < 4.78 is 13.6. The smallest absolute Gasteiger partial charge is 0.338 e. The molecule has 0 saturated heterocycles. The molecule has 0 amide bonds. The highest BCUT2D eigenvalue weighted by Crippen LogP contribution is 2.33. The van der Waals surface area contributed by atoms with Gasteiger partial charge in [-0.15, -0.1) is 11.3 Å². The normalized spacial score (nSPS) is 16.1. The molecule has 160 valence electrons. The van der Waals surface area contributed by atoms with Crippen LogP contribution in [0.1, 0.15) is 30.3 Å². The van der Waals surface area contributed by atoms with E-state index in [2.05, 4.69) is 20.9 Å². The lowest BCUT2D eigenvalue weighted by atomic mass is 10.0. The summed E-state index contributed by atoms with van der Waals surface area (Å²) in [5.74, 6) is 0.242. The van der Waals surface area contributed by atoms with E-state index in [-0.39, 0.29) is 12.2 Å². The molecule has 1 aliphatic rings. The van der Waals surface area contributed by atoms with Crippen LogP contribution in [0.3, 0.4) is 0 Å².